The second-order valence-corrected chi connectivity index (χ2v) is 17.6. The number of aliphatic hydroxyl groups is 1. The SMILES string of the molecule is CC(=O)O[C@H]1C[C@@]2(C)[C@@H]3C[C@H](OC(C)=O)[C@H]4C(C)(C)[C@@H](O)CC[C@@]45C[C@@]35CC[C@]2(C)[C@H]1[C@@]1(C)CC[C@@H](C(C)(C)OC(C)=O)O1. The van der Waals surface area contributed by atoms with Crippen molar-refractivity contribution in [1.82, 2.24) is 0 Å². The van der Waals surface area contributed by atoms with Gasteiger partial charge in [-0.15, -0.1) is 0 Å². The van der Waals surface area contributed by atoms with Gasteiger partial charge in [-0.05, 0) is 112 Å². The number of rotatable bonds is 5. The molecule has 1 heterocycles. The highest BCUT2D eigenvalue weighted by molar-refractivity contribution is 5.67. The number of carbonyl (C=O) groups excluding carboxylic acids is 3. The average molecular weight is 617 g/mol. The minimum absolute atomic E-state index is 0.0383. The Hall–Kier alpha value is -1.67. The van der Waals surface area contributed by atoms with E-state index in [4.69, 9.17) is 18.9 Å². The van der Waals surface area contributed by atoms with Gasteiger partial charge < -0.3 is 24.1 Å². The molecule has 1 aliphatic heterocycles. The molecule has 8 heteroatoms. The van der Waals surface area contributed by atoms with Crippen molar-refractivity contribution in [3.05, 3.63) is 0 Å². The molecule has 0 amide bonds. The van der Waals surface area contributed by atoms with Crippen LogP contribution in [0.25, 0.3) is 0 Å². The van der Waals surface area contributed by atoms with E-state index in [0.29, 0.717) is 5.92 Å². The molecule has 0 unspecified atom stereocenters. The number of hydrogen-bond donors (Lipinski definition) is 1. The Morgan fingerprint density at radius 3 is 2.02 bits per heavy atom. The summed E-state index contributed by atoms with van der Waals surface area (Å²) >= 11 is 0. The van der Waals surface area contributed by atoms with Gasteiger partial charge >= 0.3 is 17.9 Å². The molecule has 5 aliphatic carbocycles. The first kappa shape index (κ1) is 32.3. The van der Waals surface area contributed by atoms with Crippen molar-refractivity contribution >= 4 is 17.9 Å². The zero-order valence-corrected chi connectivity index (χ0v) is 28.7. The molecular formula is C36H56O8. The van der Waals surface area contributed by atoms with Crippen LogP contribution in [-0.2, 0) is 33.3 Å². The highest BCUT2D eigenvalue weighted by Crippen LogP contribution is 2.89. The molecule has 6 aliphatic rings. The van der Waals surface area contributed by atoms with Crippen LogP contribution in [0.2, 0.25) is 0 Å². The summed E-state index contributed by atoms with van der Waals surface area (Å²) in [6.45, 7) is 19.6. The molecule has 5 saturated carbocycles. The maximum Gasteiger partial charge on any atom is 0.303 e. The first-order valence-corrected chi connectivity index (χ1v) is 17.1. The van der Waals surface area contributed by atoms with E-state index >= 15 is 0 Å². The molecule has 248 valence electrons. The van der Waals surface area contributed by atoms with Gasteiger partial charge in [0, 0.05) is 32.6 Å². The summed E-state index contributed by atoms with van der Waals surface area (Å²) in [5.41, 5.74) is -1.88. The number of ether oxygens (including phenoxy) is 4. The van der Waals surface area contributed by atoms with Crippen LogP contribution in [0.4, 0.5) is 0 Å². The van der Waals surface area contributed by atoms with Crippen LogP contribution in [-0.4, -0.2) is 58.6 Å². The van der Waals surface area contributed by atoms with Crippen LogP contribution in [0.1, 0.15) is 127 Å². The Kier molecular flexibility index (Phi) is 7.10. The van der Waals surface area contributed by atoms with Gasteiger partial charge in [-0.25, -0.2) is 0 Å². The first-order valence-electron chi connectivity index (χ1n) is 17.1. The van der Waals surface area contributed by atoms with Crippen molar-refractivity contribution in [3.8, 4) is 0 Å². The fourth-order valence-corrected chi connectivity index (χ4v) is 13.1. The molecule has 44 heavy (non-hydrogen) atoms. The van der Waals surface area contributed by atoms with Gasteiger partial charge in [0.25, 0.3) is 0 Å². The Bertz CT molecular complexity index is 1240. The van der Waals surface area contributed by atoms with Gasteiger partial charge in [-0.1, -0.05) is 27.7 Å². The van der Waals surface area contributed by atoms with Crippen LogP contribution in [0.3, 0.4) is 0 Å². The topological polar surface area (TPSA) is 108 Å². The molecule has 6 rings (SSSR count). The minimum Gasteiger partial charge on any atom is -0.462 e. The Morgan fingerprint density at radius 1 is 0.773 bits per heavy atom. The van der Waals surface area contributed by atoms with E-state index in [9.17, 15) is 19.5 Å². The normalized spacial score (nSPS) is 50.4. The Balaban J connectivity index is 1.40. The maximum atomic E-state index is 12.6. The standard InChI is InChI=1S/C36H56O8/c1-20(37)41-23-17-25-33(9)18-24(42-21(2)38)29(34(10)13-12-27(44-34)31(6,7)43-22(3)39)32(33,8)15-16-35(25)19-36(35)14-11-26(40)30(4,5)28(23)36/h23-29,40H,11-19H2,1-10H3/t23-,24-,25-,26-,27-,28-,29-,32+,33-,34+,35-,36+/m0/s1. The summed E-state index contributed by atoms with van der Waals surface area (Å²) in [5.74, 6) is -0.476. The van der Waals surface area contributed by atoms with Gasteiger partial charge in [-0.3, -0.25) is 14.4 Å². The predicted octanol–water partition coefficient (Wildman–Crippen LogP) is 6.15. The second-order valence-electron chi connectivity index (χ2n) is 17.6. The number of fused-ring (bicyclic) bond motifs is 2. The molecular weight excluding hydrogens is 560 g/mol. The fourth-order valence-electron chi connectivity index (χ4n) is 13.1. The molecule has 12 atom stereocenters. The third kappa shape index (κ3) is 4.17. The van der Waals surface area contributed by atoms with Crippen molar-refractivity contribution in [2.24, 2.45) is 44.8 Å². The summed E-state index contributed by atoms with van der Waals surface area (Å²) in [6, 6.07) is 0. The van der Waals surface area contributed by atoms with E-state index in [2.05, 4.69) is 34.6 Å². The van der Waals surface area contributed by atoms with E-state index in [1.165, 1.54) is 20.8 Å². The van der Waals surface area contributed by atoms with E-state index < -0.39 is 17.3 Å². The maximum absolute atomic E-state index is 12.6. The molecule has 2 spiro atoms. The molecule has 8 nitrogen and oxygen atoms in total. The zero-order valence-electron chi connectivity index (χ0n) is 28.7. The molecule has 0 radical (unpaired) electrons. The average Bonchev–Trinajstić information content (AvgIpc) is 3.22. The lowest BCUT2D eigenvalue weighted by Crippen LogP contribution is -2.62. The number of hydrogen-bond acceptors (Lipinski definition) is 8. The third-order valence-electron chi connectivity index (χ3n) is 14.8. The van der Waals surface area contributed by atoms with Crippen LogP contribution < -0.4 is 0 Å². The lowest BCUT2D eigenvalue weighted by Gasteiger charge is -2.64. The summed E-state index contributed by atoms with van der Waals surface area (Å²) < 4.78 is 25.2. The van der Waals surface area contributed by atoms with E-state index in [1.54, 1.807) is 0 Å². The summed E-state index contributed by atoms with van der Waals surface area (Å²) in [7, 11) is 0. The van der Waals surface area contributed by atoms with Gasteiger partial charge in [0.2, 0.25) is 0 Å². The summed E-state index contributed by atoms with van der Waals surface area (Å²) in [6.07, 6.45) is 6.80. The smallest absolute Gasteiger partial charge is 0.303 e. The lowest BCUT2D eigenvalue weighted by atomic mass is 9.41. The van der Waals surface area contributed by atoms with Crippen molar-refractivity contribution in [2.45, 2.75) is 163 Å². The third-order valence-corrected chi connectivity index (χ3v) is 14.8. The lowest BCUT2D eigenvalue weighted by molar-refractivity contribution is -0.222. The molecule has 0 aromatic carbocycles. The van der Waals surface area contributed by atoms with Gasteiger partial charge in [-0.2, -0.15) is 0 Å². The Morgan fingerprint density at radius 2 is 1.41 bits per heavy atom. The van der Waals surface area contributed by atoms with E-state index in [1.807, 2.05) is 13.8 Å². The van der Waals surface area contributed by atoms with E-state index in [0.717, 1.165) is 57.8 Å². The summed E-state index contributed by atoms with van der Waals surface area (Å²) in [5, 5.41) is 11.2. The van der Waals surface area contributed by atoms with Crippen molar-refractivity contribution in [2.75, 3.05) is 0 Å². The summed E-state index contributed by atoms with van der Waals surface area (Å²) in [4.78, 5) is 37.1. The minimum atomic E-state index is -0.770. The Labute approximate surface area is 263 Å². The van der Waals surface area contributed by atoms with Crippen LogP contribution in [0.5, 0.6) is 0 Å². The number of esters is 3. The molecule has 1 N–H and O–H groups in total. The quantitative estimate of drug-likeness (QED) is 0.290. The van der Waals surface area contributed by atoms with Crippen molar-refractivity contribution in [3.63, 3.8) is 0 Å². The molecule has 0 aromatic rings. The molecule has 1 saturated heterocycles. The van der Waals surface area contributed by atoms with Crippen LogP contribution in [0.15, 0.2) is 0 Å². The monoisotopic (exact) mass is 616 g/mol. The highest BCUT2D eigenvalue weighted by atomic mass is 16.6. The van der Waals surface area contributed by atoms with Gasteiger partial charge in [0.15, 0.2) is 0 Å². The molecule has 0 aromatic heterocycles. The van der Waals surface area contributed by atoms with Crippen LogP contribution >= 0.6 is 0 Å². The van der Waals surface area contributed by atoms with Gasteiger partial charge in [0.1, 0.15) is 17.8 Å². The van der Waals surface area contributed by atoms with E-state index in [-0.39, 0.29) is 75.1 Å². The highest BCUT2D eigenvalue weighted by Gasteiger charge is 2.85. The van der Waals surface area contributed by atoms with Gasteiger partial charge in [0.05, 0.1) is 17.8 Å². The molecule has 0 bridgehead atoms. The largest absolute Gasteiger partial charge is 0.462 e. The first-order chi connectivity index (χ1) is 20.2. The number of aliphatic hydroxyl groups excluding tert-OH is 1. The van der Waals surface area contributed by atoms with Crippen LogP contribution in [0, 0.1) is 44.8 Å². The zero-order chi connectivity index (χ0) is 32.5. The van der Waals surface area contributed by atoms with Crippen molar-refractivity contribution < 1.29 is 38.4 Å². The number of carbonyl (C=O) groups is 3. The fraction of sp³-hybridized carbons (Fsp3) is 0.917. The molecule has 6 fully saturated rings. The second kappa shape index (κ2) is 9.68. The van der Waals surface area contributed by atoms with Crippen molar-refractivity contribution in [1.29, 1.82) is 0 Å². The predicted molar refractivity (Wildman–Crippen MR) is 163 cm³/mol.